The van der Waals surface area contributed by atoms with E-state index in [0.29, 0.717) is 5.92 Å². The van der Waals surface area contributed by atoms with Crippen molar-refractivity contribution in [2.24, 2.45) is 11.7 Å². The van der Waals surface area contributed by atoms with Gasteiger partial charge in [0.05, 0.1) is 4.92 Å². The van der Waals surface area contributed by atoms with Gasteiger partial charge in [-0.25, -0.2) is 0 Å². The fraction of sp³-hybridized carbons (Fsp3) is 0.400. The highest BCUT2D eigenvalue weighted by Gasteiger charge is 2.11. The summed E-state index contributed by atoms with van der Waals surface area (Å²) >= 11 is 0. The highest BCUT2D eigenvalue weighted by Crippen LogP contribution is 2.21. The normalized spacial score (nSPS) is 12.9. The van der Waals surface area contributed by atoms with Gasteiger partial charge >= 0.3 is 0 Å². The molecule has 2 N–H and O–H groups in total. The zero-order valence-electron chi connectivity index (χ0n) is 8.31. The Kier molecular flexibility index (Phi) is 3.19. The minimum Gasteiger partial charge on any atom is -0.324 e. The van der Waals surface area contributed by atoms with Gasteiger partial charge < -0.3 is 5.73 Å². The van der Waals surface area contributed by atoms with Crippen molar-refractivity contribution in [3.05, 3.63) is 39.9 Å². The molecular weight excluding hydrogens is 180 g/mol. The van der Waals surface area contributed by atoms with Gasteiger partial charge in [-0.2, -0.15) is 0 Å². The molecule has 4 nitrogen and oxygen atoms in total. The van der Waals surface area contributed by atoms with Crippen LogP contribution in [0.2, 0.25) is 0 Å². The van der Waals surface area contributed by atoms with E-state index < -0.39 is 4.92 Å². The number of nitro benzene ring substituents is 1. The van der Waals surface area contributed by atoms with Crippen LogP contribution in [0.25, 0.3) is 0 Å². The number of rotatable bonds is 3. The lowest BCUT2D eigenvalue weighted by Gasteiger charge is -2.15. The second kappa shape index (κ2) is 4.19. The third-order valence-corrected chi connectivity index (χ3v) is 2.21. The van der Waals surface area contributed by atoms with Crippen molar-refractivity contribution in [3.63, 3.8) is 0 Å². The molecule has 1 rings (SSSR count). The van der Waals surface area contributed by atoms with Crippen LogP contribution in [0.5, 0.6) is 0 Å². The Hall–Kier alpha value is -1.42. The summed E-state index contributed by atoms with van der Waals surface area (Å²) in [5.74, 6) is 0.330. The molecular formula is C10H14N2O2. The molecule has 1 atom stereocenters. The molecule has 76 valence electrons. The lowest BCUT2D eigenvalue weighted by molar-refractivity contribution is -0.384. The predicted octanol–water partition coefficient (Wildman–Crippen LogP) is 2.25. The Labute approximate surface area is 82.9 Å². The molecule has 14 heavy (non-hydrogen) atoms. The van der Waals surface area contributed by atoms with E-state index in [4.69, 9.17) is 5.73 Å². The highest BCUT2D eigenvalue weighted by molar-refractivity contribution is 5.34. The first-order valence-corrected chi connectivity index (χ1v) is 4.52. The van der Waals surface area contributed by atoms with Crippen LogP contribution in [0.1, 0.15) is 25.5 Å². The molecule has 0 fully saturated rings. The molecule has 0 heterocycles. The third-order valence-electron chi connectivity index (χ3n) is 2.21. The Morgan fingerprint density at radius 3 is 2.14 bits per heavy atom. The van der Waals surface area contributed by atoms with Gasteiger partial charge in [-0.3, -0.25) is 10.1 Å². The van der Waals surface area contributed by atoms with Crippen molar-refractivity contribution in [3.8, 4) is 0 Å². The molecule has 4 heteroatoms. The highest BCUT2D eigenvalue weighted by atomic mass is 16.6. The lowest BCUT2D eigenvalue weighted by atomic mass is 9.97. The summed E-state index contributed by atoms with van der Waals surface area (Å²) < 4.78 is 0. The topological polar surface area (TPSA) is 69.2 Å². The number of nitrogens with zero attached hydrogens (tertiary/aromatic N) is 1. The van der Waals surface area contributed by atoms with Crippen LogP contribution in [0.4, 0.5) is 5.69 Å². The van der Waals surface area contributed by atoms with Gasteiger partial charge in [-0.15, -0.1) is 0 Å². The van der Waals surface area contributed by atoms with E-state index in [-0.39, 0.29) is 11.7 Å². The van der Waals surface area contributed by atoms with E-state index >= 15 is 0 Å². The molecule has 0 aromatic heterocycles. The van der Waals surface area contributed by atoms with Crippen molar-refractivity contribution in [2.75, 3.05) is 0 Å². The van der Waals surface area contributed by atoms with Crippen LogP contribution in [-0.4, -0.2) is 4.92 Å². The SMILES string of the molecule is CC(C)[C@@H](N)c1ccc([N+](=O)[O-])cc1. The first-order chi connectivity index (χ1) is 6.52. The summed E-state index contributed by atoms with van der Waals surface area (Å²) in [6.07, 6.45) is 0. The van der Waals surface area contributed by atoms with Crippen LogP contribution in [-0.2, 0) is 0 Å². The summed E-state index contributed by atoms with van der Waals surface area (Å²) in [5, 5.41) is 10.4. The molecule has 1 aromatic rings. The third kappa shape index (κ3) is 2.29. The largest absolute Gasteiger partial charge is 0.324 e. The van der Waals surface area contributed by atoms with E-state index in [2.05, 4.69) is 0 Å². The van der Waals surface area contributed by atoms with Crippen molar-refractivity contribution < 1.29 is 4.92 Å². The van der Waals surface area contributed by atoms with Crippen molar-refractivity contribution in [1.29, 1.82) is 0 Å². The van der Waals surface area contributed by atoms with E-state index in [9.17, 15) is 10.1 Å². The summed E-state index contributed by atoms with van der Waals surface area (Å²) in [5.41, 5.74) is 6.93. The summed E-state index contributed by atoms with van der Waals surface area (Å²) in [7, 11) is 0. The Balaban J connectivity index is 2.88. The minimum atomic E-state index is -0.412. The van der Waals surface area contributed by atoms with Crippen molar-refractivity contribution in [2.45, 2.75) is 19.9 Å². The fourth-order valence-corrected chi connectivity index (χ4v) is 1.20. The zero-order chi connectivity index (χ0) is 10.7. The average molecular weight is 194 g/mol. The Bertz CT molecular complexity index is 319. The van der Waals surface area contributed by atoms with Crippen LogP contribution in [0.15, 0.2) is 24.3 Å². The quantitative estimate of drug-likeness (QED) is 0.592. The molecule has 0 amide bonds. The first-order valence-electron chi connectivity index (χ1n) is 4.52. The van der Waals surface area contributed by atoms with E-state index in [1.807, 2.05) is 13.8 Å². The summed E-state index contributed by atoms with van der Waals surface area (Å²) in [6, 6.07) is 6.33. The van der Waals surface area contributed by atoms with Gasteiger partial charge in [0.15, 0.2) is 0 Å². The number of nitro groups is 1. The van der Waals surface area contributed by atoms with Gasteiger partial charge in [0.25, 0.3) is 5.69 Å². The number of hydrogen-bond donors (Lipinski definition) is 1. The first kappa shape index (κ1) is 10.7. The Morgan fingerprint density at radius 1 is 1.29 bits per heavy atom. The summed E-state index contributed by atoms with van der Waals surface area (Å²) in [4.78, 5) is 9.98. The van der Waals surface area contributed by atoms with Crippen LogP contribution in [0, 0.1) is 16.0 Å². The maximum absolute atomic E-state index is 10.4. The molecule has 0 aliphatic heterocycles. The average Bonchev–Trinajstić information content (AvgIpc) is 2.16. The van der Waals surface area contributed by atoms with Crippen LogP contribution < -0.4 is 5.73 Å². The molecule has 0 spiro atoms. The van der Waals surface area contributed by atoms with Gasteiger partial charge in [0.1, 0.15) is 0 Å². The number of non-ortho nitro benzene ring substituents is 1. The smallest absolute Gasteiger partial charge is 0.269 e. The summed E-state index contributed by atoms with van der Waals surface area (Å²) in [6.45, 7) is 4.04. The maximum atomic E-state index is 10.4. The predicted molar refractivity (Wildman–Crippen MR) is 54.9 cm³/mol. The van der Waals surface area contributed by atoms with Crippen molar-refractivity contribution >= 4 is 5.69 Å². The molecule has 0 unspecified atom stereocenters. The number of nitrogens with two attached hydrogens (primary N) is 1. The maximum Gasteiger partial charge on any atom is 0.269 e. The van der Waals surface area contributed by atoms with Gasteiger partial charge in [-0.05, 0) is 11.5 Å². The second-order valence-electron chi connectivity index (χ2n) is 3.62. The molecule has 1 aromatic carbocycles. The van der Waals surface area contributed by atoms with E-state index in [0.717, 1.165) is 5.56 Å². The van der Waals surface area contributed by atoms with Crippen LogP contribution >= 0.6 is 0 Å². The Morgan fingerprint density at radius 2 is 1.79 bits per heavy atom. The van der Waals surface area contributed by atoms with E-state index in [1.165, 1.54) is 12.1 Å². The van der Waals surface area contributed by atoms with Gasteiger partial charge in [-0.1, -0.05) is 26.0 Å². The monoisotopic (exact) mass is 194 g/mol. The molecule has 0 saturated carbocycles. The fourth-order valence-electron chi connectivity index (χ4n) is 1.20. The number of benzene rings is 1. The standard InChI is InChI=1S/C10H14N2O2/c1-7(2)10(11)8-3-5-9(6-4-8)12(13)14/h3-7,10H,11H2,1-2H3/t10-/m1/s1. The van der Waals surface area contributed by atoms with Gasteiger partial charge in [0.2, 0.25) is 0 Å². The molecule has 0 radical (unpaired) electrons. The van der Waals surface area contributed by atoms with Crippen molar-refractivity contribution in [1.82, 2.24) is 0 Å². The lowest BCUT2D eigenvalue weighted by Crippen LogP contribution is -2.16. The number of hydrogen-bond acceptors (Lipinski definition) is 3. The second-order valence-corrected chi connectivity index (χ2v) is 3.62. The zero-order valence-corrected chi connectivity index (χ0v) is 8.31. The van der Waals surface area contributed by atoms with E-state index in [1.54, 1.807) is 12.1 Å². The molecule has 0 aliphatic rings. The molecule has 0 saturated heterocycles. The minimum absolute atomic E-state index is 0.0594. The van der Waals surface area contributed by atoms with Crippen LogP contribution in [0.3, 0.4) is 0 Å². The molecule has 0 bridgehead atoms. The molecule has 0 aliphatic carbocycles. The van der Waals surface area contributed by atoms with Gasteiger partial charge in [0, 0.05) is 18.2 Å².